The lowest BCUT2D eigenvalue weighted by molar-refractivity contribution is 0.0848. The van der Waals surface area contributed by atoms with Crippen molar-refractivity contribution in [1.29, 1.82) is 0 Å². The molecule has 0 aliphatic carbocycles. The minimum atomic E-state index is -0.183. The van der Waals surface area contributed by atoms with Crippen molar-refractivity contribution in [2.24, 2.45) is 5.92 Å². The molecule has 3 unspecified atom stereocenters. The van der Waals surface area contributed by atoms with E-state index in [1.807, 2.05) is 6.92 Å². The summed E-state index contributed by atoms with van der Waals surface area (Å²) in [6.07, 6.45) is 1.94. The largest absolute Gasteiger partial charge is 0.393 e. The summed E-state index contributed by atoms with van der Waals surface area (Å²) >= 11 is 0. The van der Waals surface area contributed by atoms with Gasteiger partial charge in [0.05, 0.1) is 6.10 Å². The zero-order valence-electron chi connectivity index (χ0n) is 7.21. The number of methoxy groups -OCH3 is 1. The standard InChI is InChI=1S/C8H17NO2/c1-6(10)3-7-4-8(11-2)9-5-7/h6-10H,3-5H2,1-2H3. The van der Waals surface area contributed by atoms with E-state index in [0.717, 1.165) is 19.4 Å². The average molecular weight is 159 g/mol. The second kappa shape index (κ2) is 4.04. The third kappa shape index (κ3) is 2.77. The van der Waals surface area contributed by atoms with E-state index in [1.54, 1.807) is 7.11 Å². The maximum atomic E-state index is 9.10. The summed E-state index contributed by atoms with van der Waals surface area (Å²) in [6.45, 7) is 2.81. The topological polar surface area (TPSA) is 41.5 Å². The molecule has 3 heteroatoms. The molecule has 11 heavy (non-hydrogen) atoms. The molecular weight excluding hydrogens is 142 g/mol. The third-order valence-electron chi connectivity index (χ3n) is 2.14. The van der Waals surface area contributed by atoms with Crippen molar-refractivity contribution < 1.29 is 9.84 Å². The van der Waals surface area contributed by atoms with Gasteiger partial charge in [0.15, 0.2) is 0 Å². The monoisotopic (exact) mass is 159 g/mol. The van der Waals surface area contributed by atoms with E-state index in [1.165, 1.54) is 0 Å². The Morgan fingerprint density at radius 3 is 2.91 bits per heavy atom. The van der Waals surface area contributed by atoms with Gasteiger partial charge in [-0.3, -0.25) is 5.32 Å². The van der Waals surface area contributed by atoms with Crippen LogP contribution >= 0.6 is 0 Å². The summed E-state index contributed by atoms with van der Waals surface area (Å²) < 4.78 is 5.13. The first-order chi connectivity index (χ1) is 5.22. The molecular formula is C8H17NO2. The van der Waals surface area contributed by atoms with Crippen molar-refractivity contribution in [1.82, 2.24) is 5.32 Å². The first kappa shape index (κ1) is 8.97. The highest BCUT2D eigenvalue weighted by Crippen LogP contribution is 2.19. The highest BCUT2D eigenvalue weighted by atomic mass is 16.5. The lowest BCUT2D eigenvalue weighted by Gasteiger charge is -2.10. The van der Waals surface area contributed by atoms with E-state index in [4.69, 9.17) is 9.84 Å². The SMILES string of the molecule is COC1CC(CC(C)O)CN1. The van der Waals surface area contributed by atoms with Crippen LogP contribution in [0.25, 0.3) is 0 Å². The van der Waals surface area contributed by atoms with E-state index in [0.29, 0.717) is 5.92 Å². The molecule has 1 rings (SSSR count). The van der Waals surface area contributed by atoms with Gasteiger partial charge in [-0.2, -0.15) is 0 Å². The first-order valence-corrected chi connectivity index (χ1v) is 4.16. The summed E-state index contributed by atoms with van der Waals surface area (Å²) in [5, 5.41) is 12.3. The smallest absolute Gasteiger partial charge is 0.108 e. The van der Waals surface area contributed by atoms with Crippen molar-refractivity contribution in [3.05, 3.63) is 0 Å². The Balaban J connectivity index is 2.19. The first-order valence-electron chi connectivity index (χ1n) is 4.16. The number of ether oxygens (including phenoxy) is 1. The van der Waals surface area contributed by atoms with Gasteiger partial charge in [0, 0.05) is 13.7 Å². The van der Waals surface area contributed by atoms with E-state index in [-0.39, 0.29) is 12.3 Å². The second-order valence-corrected chi connectivity index (χ2v) is 3.32. The maximum Gasteiger partial charge on any atom is 0.108 e. The minimum Gasteiger partial charge on any atom is -0.393 e. The predicted molar refractivity (Wildman–Crippen MR) is 43.2 cm³/mol. The van der Waals surface area contributed by atoms with Crippen molar-refractivity contribution in [3.8, 4) is 0 Å². The minimum absolute atomic E-state index is 0.183. The van der Waals surface area contributed by atoms with Gasteiger partial charge >= 0.3 is 0 Å². The summed E-state index contributed by atoms with van der Waals surface area (Å²) in [7, 11) is 1.71. The highest BCUT2D eigenvalue weighted by Gasteiger charge is 2.24. The van der Waals surface area contributed by atoms with Crippen LogP contribution in [0.15, 0.2) is 0 Å². The molecule has 3 nitrogen and oxygen atoms in total. The third-order valence-corrected chi connectivity index (χ3v) is 2.14. The van der Waals surface area contributed by atoms with Crippen LogP contribution in [0.2, 0.25) is 0 Å². The number of rotatable bonds is 3. The second-order valence-electron chi connectivity index (χ2n) is 3.32. The van der Waals surface area contributed by atoms with Crippen LogP contribution < -0.4 is 5.32 Å². The molecule has 3 atom stereocenters. The molecule has 0 aromatic heterocycles. The van der Waals surface area contributed by atoms with Gasteiger partial charge in [0.2, 0.25) is 0 Å². The van der Waals surface area contributed by atoms with Crippen LogP contribution in [0.3, 0.4) is 0 Å². The highest BCUT2D eigenvalue weighted by molar-refractivity contribution is 4.76. The van der Waals surface area contributed by atoms with Crippen LogP contribution in [0.4, 0.5) is 0 Å². The van der Waals surface area contributed by atoms with E-state index < -0.39 is 0 Å². The summed E-state index contributed by atoms with van der Waals surface area (Å²) in [5.74, 6) is 0.583. The number of hydrogen-bond donors (Lipinski definition) is 2. The summed E-state index contributed by atoms with van der Waals surface area (Å²) in [4.78, 5) is 0. The van der Waals surface area contributed by atoms with Gasteiger partial charge in [-0.05, 0) is 25.7 Å². The summed E-state index contributed by atoms with van der Waals surface area (Å²) in [6, 6.07) is 0. The Kier molecular flexibility index (Phi) is 3.30. The Morgan fingerprint density at radius 2 is 2.45 bits per heavy atom. The fourth-order valence-electron chi connectivity index (χ4n) is 1.61. The van der Waals surface area contributed by atoms with Gasteiger partial charge in [0.1, 0.15) is 6.23 Å². The fourth-order valence-corrected chi connectivity index (χ4v) is 1.61. The lowest BCUT2D eigenvalue weighted by atomic mass is 10.0. The Labute approximate surface area is 67.7 Å². The van der Waals surface area contributed by atoms with Crippen LogP contribution in [-0.4, -0.2) is 31.1 Å². The molecule has 0 saturated carbocycles. The van der Waals surface area contributed by atoms with Gasteiger partial charge in [-0.25, -0.2) is 0 Å². The molecule has 0 aromatic rings. The van der Waals surface area contributed by atoms with Crippen molar-refractivity contribution in [2.45, 2.75) is 32.1 Å². The Bertz CT molecular complexity index is 117. The Morgan fingerprint density at radius 1 is 1.73 bits per heavy atom. The molecule has 0 radical (unpaired) electrons. The number of hydrogen-bond acceptors (Lipinski definition) is 3. The maximum absolute atomic E-state index is 9.10. The molecule has 0 aromatic carbocycles. The van der Waals surface area contributed by atoms with Gasteiger partial charge in [0.25, 0.3) is 0 Å². The lowest BCUT2D eigenvalue weighted by Crippen LogP contribution is -2.22. The number of aliphatic hydroxyl groups excluding tert-OH is 1. The molecule has 1 aliphatic heterocycles. The predicted octanol–water partition coefficient (Wildman–Crippen LogP) is 0.339. The summed E-state index contributed by atoms with van der Waals surface area (Å²) in [5.41, 5.74) is 0. The van der Waals surface area contributed by atoms with Crippen molar-refractivity contribution in [2.75, 3.05) is 13.7 Å². The van der Waals surface area contributed by atoms with Gasteiger partial charge < -0.3 is 9.84 Å². The fraction of sp³-hybridized carbons (Fsp3) is 1.00. The van der Waals surface area contributed by atoms with Crippen LogP contribution in [0, 0.1) is 5.92 Å². The quantitative estimate of drug-likeness (QED) is 0.624. The van der Waals surface area contributed by atoms with Crippen LogP contribution in [0.1, 0.15) is 19.8 Å². The van der Waals surface area contributed by atoms with Gasteiger partial charge in [-0.1, -0.05) is 0 Å². The van der Waals surface area contributed by atoms with Crippen molar-refractivity contribution in [3.63, 3.8) is 0 Å². The molecule has 1 aliphatic rings. The zero-order valence-corrected chi connectivity index (χ0v) is 7.21. The Hall–Kier alpha value is -0.120. The molecule has 1 fully saturated rings. The molecule has 1 heterocycles. The molecule has 0 bridgehead atoms. The average Bonchev–Trinajstić information content (AvgIpc) is 2.34. The molecule has 1 saturated heterocycles. The van der Waals surface area contributed by atoms with Crippen LogP contribution in [-0.2, 0) is 4.74 Å². The zero-order chi connectivity index (χ0) is 8.27. The molecule has 66 valence electrons. The molecule has 2 N–H and O–H groups in total. The van der Waals surface area contributed by atoms with E-state index >= 15 is 0 Å². The normalized spacial score (nSPS) is 34.1. The van der Waals surface area contributed by atoms with Crippen molar-refractivity contribution >= 4 is 0 Å². The van der Waals surface area contributed by atoms with E-state index in [9.17, 15) is 0 Å². The van der Waals surface area contributed by atoms with E-state index in [2.05, 4.69) is 5.32 Å². The van der Waals surface area contributed by atoms with Gasteiger partial charge in [-0.15, -0.1) is 0 Å². The molecule has 0 spiro atoms. The number of nitrogens with one attached hydrogen (secondary N) is 1. The molecule has 0 amide bonds. The number of aliphatic hydroxyl groups is 1. The van der Waals surface area contributed by atoms with Crippen LogP contribution in [0.5, 0.6) is 0 Å².